The molecule has 0 saturated heterocycles. The van der Waals surface area contributed by atoms with E-state index < -0.39 is 10.0 Å². The molecule has 0 atom stereocenters. The van der Waals surface area contributed by atoms with Crippen LogP contribution in [0.15, 0.2) is 16.3 Å². The van der Waals surface area contributed by atoms with Gasteiger partial charge in [0.1, 0.15) is 4.21 Å². The number of halogens is 1. The van der Waals surface area contributed by atoms with Crippen molar-refractivity contribution in [2.75, 3.05) is 0 Å². The van der Waals surface area contributed by atoms with Crippen molar-refractivity contribution in [3.8, 4) is 0 Å². The molecular weight excluding hydrogens is 318 g/mol. The van der Waals surface area contributed by atoms with E-state index in [9.17, 15) is 8.42 Å². The summed E-state index contributed by atoms with van der Waals surface area (Å²) in [7, 11) is -3.52. The van der Waals surface area contributed by atoms with Crippen molar-refractivity contribution in [1.82, 2.24) is 14.5 Å². The smallest absolute Gasteiger partial charge is 0.250 e. The third-order valence-electron chi connectivity index (χ3n) is 3.08. The molecular formula is C12H16ClN3O2S2. The van der Waals surface area contributed by atoms with Gasteiger partial charge in [0, 0.05) is 24.3 Å². The van der Waals surface area contributed by atoms with Gasteiger partial charge in [-0.15, -0.1) is 11.3 Å². The molecule has 0 aromatic carbocycles. The molecule has 0 fully saturated rings. The summed E-state index contributed by atoms with van der Waals surface area (Å²) in [5, 5.41) is 4.37. The Balaban J connectivity index is 2.19. The molecule has 2 aromatic rings. The first-order valence-corrected chi connectivity index (χ1v) is 8.80. The van der Waals surface area contributed by atoms with Crippen LogP contribution in [0.5, 0.6) is 0 Å². The van der Waals surface area contributed by atoms with E-state index in [4.69, 9.17) is 11.6 Å². The van der Waals surface area contributed by atoms with Gasteiger partial charge in [0.05, 0.1) is 10.0 Å². The lowest BCUT2D eigenvalue weighted by molar-refractivity contribution is 0.583. The van der Waals surface area contributed by atoms with Crippen LogP contribution in [0.25, 0.3) is 0 Å². The van der Waals surface area contributed by atoms with Crippen molar-refractivity contribution in [3.63, 3.8) is 0 Å². The van der Waals surface area contributed by atoms with Gasteiger partial charge >= 0.3 is 0 Å². The number of hydrogen-bond donors (Lipinski definition) is 1. The Hall–Kier alpha value is -0.890. The van der Waals surface area contributed by atoms with Crippen LogP contribution in [-0.4, -0.2) is 18.2 Å². The monoisotopic (exact) mass is 333 g/mol. The van der Waals surface area contributed by atoms with Crippen molar-refractivity contribution in [3.05, 3.63) is 33.4 Å². The van der Waals surface area contributed by atoms with E-state index in [1.807, 2.05) is 25.5 Å². The largest absolute Gasteiger partial charge is 0.270 e. The van der Waals surface area contributed by atoms with Gasteiger partial charge in [-0.2, -0.15) is 5.10 Å². The van der Waals surface area contributed by atoms with Gasteiger partial charge in [0.25, 0.3) is 0 Å². The highest BCUT2D eigenvalue weighted by atomic mass is 35.5. The van der Waals surface area contributed by atoms with Crippen molar-refractivity contribution < 1.29 is 8.42 Å². The van der Waals surface area contributed by atoms with Crippen LogP contribution in [0, 0.1) is 13.8 Å². The number of rotatable bonds is 5. The van der Waals surface area contributed by atoms with E-state index in [0.717, 1.165) is 34.8 Å². The number of aryl methyl sites for hydroxylation is 2. The number of nitrogens with zero attached hydrogens (tertiary/aromatic N) is 2. The molecule has 2 aromatic heterocycles. The van der Waals surface area contributed by atoms with Gasteiger partial charge in [-0.3, -0.25) is 4.68 Å². The maximum atomic E-state index is 12.1. The van der Waals surface area contributed by atoms with Crippen LogP contribution >= 0.6 is 22.9 Å². The normalized spacial score (nSPS) is 12.0. The summed E-state index contributed by atoms with van der Waals surface area (Å²) < 4.78 is 29.4. The molecule has 20 heavy (non-hydrogen) atoms. The highest BCUT2D eigenvalue weighted by Crippen LogP contribution is 2.25. The standard InChI is InChI=1S/C12H16ClN3O2S2/c1-4-16-9(3)10(8(2)15-16)7-14-20(17,18)12-6-5-11(13)19-12/h5-6,14H,4,7H2,1-3H3. The number of hydrogen-bond acceptors (Lipinski definition) is 4. The fourth-order valence-electron chi connectivity index (χ4n) is 1.98. The second-order valence-electron chi connectivity index (χ2n) is 4.35. The second-order valence-corrected chi connectivity index (χ2v) is 8.06. The summed E-state index contributed by atoms with van der Waals surface area (Å²) in [4.78, 5) is 0. The molecule has 0 aliphatic rings. The topological polar surface area (TPSA) is 64.0 Å². The van der Waals surface area contributed by atoms with E-state index in [2.05, 4.69) is 9.82 Å². The summed E-state index contributed by atoms with van der Waals surface area (Å²) >= 11 is 6.81. The Labute approximate surface area is 127 Å². The number of aromatic nitrogens is 2. The average molecular weight is 334 g/mol. The second kappa shape index (κ2) is 5.85. The quantitative estimate of drug-likeness (QED) is 0.915. The molecule has 0 bridgehead atoms. The first-order chi connectivity index (χ1) is 9.35. The van der Waals surface area contributed by atoms with Crippen molar-refractivity contribution in [2.24, 2.45) is 0 Å². The highest BCUT2D eigenvalue weighted by Gasteiger charge is 2.18. The summed E-state index contributed by atoms with van der Waals surface area (Å²) in [5.74, 6) is 0. The minimum atomic E-state index is -3.52. The van der Waals surface area contributed by atoms with Crippen LogP contribution in [0.1, 0.15) is 23.9 Å². The molecule has 0 unspecified atom stereocenters. The van der Waals surface area contributed by atoms with Gasteiger partial charge in [0.15, 0.2) is 0 Å². The Morgan fingerprint density at radius 3 is 2.60 bits per heavy atom. The van der Waals surface area contributed by atoms with Gasteiger partial charge < -0.3 is 0 Å². The molecule has 0 aliphatic carbocycles. The number of thiophene rings is 1. The Morgan fingerprint density at radius 2 is 2.10 bits per heavy atom. The SMILES string of the molecule is CCn1nc(C)c(CNS(=O)(=O)c2ccc(Cl)s2)c1C. The Bertz CT molecular complexity index is 719. The molecule has 0 radical (unpaired) electrons. The molecule has 0 aliphatic heterocycles. The number of nitrogens with one attached hydrogen (secondary N) is 1. The first kappa shape index (κ1) is 15.5. The van der Waals surface area contributed by atoms with E-state index in [-0.39, 0.29) is 10.8 Å². The maximum absolute atomic E-state index is 12.1. The van der Waals surface area contributed by atoms with E-state index in [1.54, 1.807) is 6.07 Å². The lowest BCUT2D eigenvalue weighted by atomic mass is 10.2. The molecule has 1 N–H and O–H groups in total. The molecule has 5 nitrogen and oxygen atoms in total. The summed E-state index contributed by atoms with van der Waals surface area (Å²) in [6.07, 6.45) is 0. The van der Waals surface area contributed by atoms with Crippen molar-refractivity contribution >= 4 is 33.0 Å². The Kier molecular flexibility index (Phi) is 4.53. The lowest BCUT2D eigenvalue weighted by Gasteiger charge is -2.05. The van der Waals surface area contributed by atoms with Crippen LogP contribution in [0.4, 0.5) is 0 Å². The molecule has 8 heteroatoms. The van der Waals surface area contributed by atoms with E-state index in [1.165, 1.54) is 6.07 Å². The van der Waals surface area contributed by atoms with Crippen molar-refractivity contribution in [2.45, 2.75) is 38.1 Å². The van der Waals surface area contributed by atoms with Crippen molar-refractivity contribution in [1.29, 1.82) is 0 Å². The fraction of sp³-hybridized carbons (Fsp3) is 0.417. The predicted molar refractivity (Wildman–Crippen MR) is 80.7 cm³/mol. The zero-order valence-electron chi connectivity index (χ0n) is 11.5. The van der Waals surface area contributed by atoms with Crippen LogP contribution in [-0.2, 0) is 23.1 Å². The van der Waals surface area contributed by atoms with Gasteiger partial charge in [-0.1, -0.05) is 11.6 Å². The summed E-state index contributed by atoms with van der Waals surface area (Å²) in [6, 6.07) is 3.08. The minimum absolute atomic E-state index is 0.223. The third kappa shape index (κ3) is 3.06. The minimum Gasteiger partial charge on any atom is -0.270 e. The maximum Gasteiger partial charge on any atom is 0.250 e. The fourth-order valence-corrected chi connectivity index (χ4v) is 4.50. The third-order valence-corrected chi connectivity index (χ3v) is 6.21. The van der Waals surface area contributed by atoms with Crippen LogP contribution < -0.4 is 4.72 Å². The molecule has 0 saturated carbocycles. The predicted octanol–water partition coefficient (Wildman–Crippen LogP) is 2.71. The van der Waals surface area contributed by atoms with Crippen LogP contribution in [0.3, 0.4) is 0 Å². The summed E-state index contributed by atoms with van der Waals surface area (Å²) in [5.41, 5.74) is 2.74. The lowest BCUT2D eigenvalue weighted by Crippen LogP contribution is -2.23. The van der Waals surface area contributed by atoms with Gasteiger partial charge in [-0.05, 0) is 32.9 Å². The number of sulfonamides is 1. The molecule has 2 heterocycles. The van der Waals surface area contributed by atoms with Gasteiger partial charge in [-0.25, -0.2) is 13.1 Å². The highest BCUT2D eigenvalue weighted by molar-refractivity contribution is 7.91. The van der Waals surface area contributed by atoms with Crippen LogP contribution in [0.2, 0.25) is 4.34 Å². The Morgan fingerprint density at radius 1 is 1.40 bits per heavy atom. The zero-order chi connectivity index (χ0) is 14.9. The summed E-state index contributed by atoms with van der Waals surface area (Å²) in [6.45, 7) is 6.82. The molecule has 2 rings (SSSR count). The molecule has 0 amide bonds. The first-order valence-electron chi connectivity index (χ1n) is 6.13. The zero-order valence-corrected chi connectivity index (χ0v) is 13.9. The van der Waals surface area contributed by atoms with E-state index >= 15 is 0 Å². The molecule has 0 spiro atoms. The van der Waals surface area contributed by atoms with E-state index in [0.29, 0.717) is 4.34 Å². The average Bonchev–Trinajstić information content (AvgIpc) is 2.93. The molecule has 110 valence electrons. The van der Waals surface area contributed by atoms with Gasteiger partial charge in [0.2, 0.25) is 10.0 Å².